The molecule has 0 fully saturated rings. The summed E-state index contributed by atoms with van der Waals surface area (Å²) in [6.45, 7) is 12.7. The molecule has 0 radical (unpaired) electrons. The summed E-state index contributed by atoms with van der Waals surface area (Å²) in [4.78, 5) is 13.7. The number of hydrogen-bond donors (Lipinski definition) is 0. The van der Waals surface area contributed by atoms with Gasteiger partial charge in [0.1, 0.15) is 6.73 Å². The third-order valence-corrected chi connectivity index (χ3v) is 4.74. The van der Waals surface area contributed by atoms with Crippen LogP contribution in [0.15, 0.2) is 0 Å². The molecule has 1 amide bonds. The molecule has 15 heavy (non-hydrogen) atoms. The molecular formula is C10H24N2O2Si. The Hall–Kier alpha value is -0.553. The summed E-state index contributed by atoms with van der Waals surface area (Å²) in [7, 11) is 0.240. The van der Waals surface area contributed by atoms with Crippen molar-refractivity contribution in [3.8, 4) is 0 Å². The van der Waals surface area contributed by atoms with Gasteiger partial charge < -0.3 is 9.30 Å². The SMILES string of the molecule is CCN(CC)COC(=O)N(C)[Si](C)(C)C. The Morgan fingerprint density at radius 3 is 2.00 bits per heavy atom. The number of hydrogen-bond acceptors (Lipinski definition) is 3. The van der Waals surface area contributed by atoms with E-state index in [4.69, 9.17) is 4.74 Å². The minimum absolute atomic E-state index is 0.207. The van der Waals surface area contributed by atoms with Crippen molar-refractivity contribution in [2.75, 3.05) is 26.9 Å². The summed E-state index contributed by atoms with van der Waals surface area (Å²) >= 11 is 0. The van der Waals surface area contributed by atoms with Gasteiger partial charge in [-0.15, -0.1) is 0 Å². The first-order chi connectivity index (χ1) is 6.82. The third-order valence-electron chi connectivity index (χ3n) is 2.55. The van der Waals surface area contributed by atoms with Crippen LogP contribution < -0.4 is 0 Å². The van der Waals surface area contributed by atoms with E-state index in [1.165, 1.54) is 0 Å². The van der Waals surface area contributed by atoms with Crippen molar-refractivity contribution in [1.29, 1.82) is 0 Å². The summed E-state index contributed by atoms with van der Waals surface area (Å²) in [5.74, 6) is 0. The largest absolute Gasteiger partial charge is 0.434 e. The van der Waals surface area contributed by atoms with Gasteiger partial charge in [0.25, 0.3) is 0 Å². The van der Waals surface area contributed by atoms with Crippen LogP contribution in [-0.2, 0) is 4.74 Å². The van der Waals surface area contributed by atoms with Crippen molar-refractivity contribution in [3.05, 3.63) is 0 Å². The molecule has 0 rings (SSSR count). The molecule has 90 valence electrons. The summed E-state index contributed by atoms with van der Waals surface area (Å²) < 4.78 is 6.97. The molecule has 0 aromatic heterocycles. The Kier molecular flexibility index (Phi) is 5.90. The predicted octanol–water partition coefficient (Wildman–Crippen LogP) is 2.19. The fourth-order valence-corrected chi connectivity index (χ4v) is 1.54. The second kappa shape index (κ2) is 6.12. The zero-order chi connectivity index (χ0) is 12.1. The second-order valence-corrected chi connectivity index (χ2v) is 9.58. The van der Waals surface area contributed by atoms with Crippen molar-refractivity contribution >= 4 is 14.3 Å². The molecule has 0 aromatic rings. The number of carbonyl (C=O) groups excluding carboxylic acids is 1. The maximum absolute atomic E-state index is 11.6. The molecule has 0 unspecified atom stereocenters. The highest BCUT2D eigenvalue weighted by molar-refractivity contribution is 6.75. The molecule has 0 saturated heterocycles. The maximum atomic E-state index is 11.6. The van der Waals surface area contributed by atoms with E-state index in [1.54, 1.807) is 4.57 Å². The van der Waals surface area contributed by atoms with Crippen LogP contribution in [0, 0.1) is 0 Å². The van der Waals surface area contributed by atoms with Crippen LogP contribution in [0.4, 0.5) is 4.79 Å². The van der Waals surface area contributed by atoms with Crippen LogP contribution in [0.5, 0.6) is 0 Å². The molecule has 0 saturated carbocycles. The van der Waals surface area contributed by atoms with Crippen molar-refractivity contribution < 1.29 is 9.53 Å². The highest BCUT2D eigenvalue weighted by Crippen LogP contribution is 2.08. The molecule has 5 heteroatoms. The van der Waals surface area contributed by atoms with Crippen LogP contribution >= 0.6 is 0 Å². The fraction of sp³-hybridized carbons (Fsp3) is 0.900. The molecule has 0 atom stereocenters. The van der Waals surface area contributed by atoms with E-state index in [0.717, 1.165) is 13.1 Å². The monoisotopic (exact) mass is 232 g/mol. The highest BCUT2D eigenvalue weighted by atomic mass is 28.3. The van der Waals surface area contributed by atoms with Gasteiger partial charge in [0.05, 0.1) is 0 Å². The van der Waals surface area contributed by atoms with Gasteiger partial charge in [0.15, 0.2) is 8.24 Å². The van der Waals surface area contributed by atoms with Crippen LogP contribution in [0.25, 0.3) is 0 Å². The van der Waals surface area contributed by atoms with E-state index in [9.17, 15) is 4.79 Å². The van der Waals surface area contributed by atoms with E-state index in [2.05, 4.69) is 38.4 Å². The van der Waals surface area contributed by atoms with Crippen molar-refractivity contribution in [2.45, 2.75) is 33.5 Å². The first-order valence-corrected chi connectivity index (χ1v) is 8.90. The fourth-order valence-electron chi connectivity index (χ4n) is 0.923. The van der Waals surface area contributed by atoms with Crippen molar-refractivity contribution in [2.24, 2.45) is 0 Å². The maximum Gasteiger partial charge on any atom is 0.402 e. The van der Waals surface area contributed by atoms with Crippen LogP contribution in [0.1, 0.15) is 13.8 Å². The zero-order valence-electron chi connectivity index (χ0n) is 10.8. The average molecular weight is 232 g/mol. The van der Waals surface area contributed by atoms with E-state index < -0.39 is 8.24 Å². The smallest absolute Gasteiger partial charge is 0.402 e. The Labute approximate surface area is 94.3 Å². The zero-order valence-corrected chi connectivity index (χ0v) is 11.8. The topological polar surface area (TPSA) is 32.8 Å². The normalized spacial score (nSPS) is 11.7. The van der Waals surface area contributed by atoms with Gasteiger partial charge in [-0.3, -0.25) is 4.90 Å². The van der Waals surface area contributed by atoms with E-state index in [0.29, 0.717) is 6.73 Å². The number of amides is 1. The number of rotatable bonds is 5. The highest BCUT2D eigenvalue weighted by Gasteiger charge is 2.26. The van der Waals surface area contributed by atoms with Gasteiger partial charge in [-0.05, 0) is 13.1 Å². The van der Waals surface area contributed by atoms with Gasteiger partial charge in [0, 0.05) is 7.05 Å². The van der Waals surface area contributed by atoms with Gasteiger partial charge >= 0.3 is 6.09 Å². The molecule has 0 N–H and O–H groups in total. The van der Waals surface area contributed by atoms with E-state index in [-0.39, 0.29) is 6.09 Å². The molecule has 0 bridgehead atoms. The van der Waals surface area contributed by atoms with Crippen LogP contribution in [-0.4, -0.2) is 50.7 Å². The number of ether oxygens (including phenoxy) is 1. The lowest BCUT2D eigenvalue weighted by Crippen LogP contribution is -2.48. The van der Waals surface area contributed by atoms with Gasteiger partial charge in [-0.1, -0.05) is 33.5 Å². The van der Waals surface area contributed by atoms with Gasteiger partial charge in [-0.2, -0.15) is 0 Å². The van der Waals surface area contributed by atoms with Crippen LogP contribution in [0.2, 0.25) is 19.6 Å². The molecule has 0 spiro atoms. The van der Waals surface area contributed by atoms with Crippen LogP contribution in [0.3, 0.4) is 0 Å². The molecular weight excluding hydrogens is 208 g/mol. The van der Waals surface area contributed by atoms with E-state index in [1.807, 2.05) is 7.05 Å². The third kappa shape index (κ3) is 5.18. The summed E-state index contributed by atoms with van der Waals surface area (Å²) in [5, 5.41) is 0. The number of carbonyl (C=O) groups is 1. The Bertz CT molecular complexity index is 200. The van der Waals surface area contributed by atoms with E-state index >= 15 is 0 Å². The van der Waals surface area contributed by atoms with Crippen molar-refractivity contribution in [3.63, 3.8) is 0 Å². The predicted molar refractivity (Wildman–Crippen MR) is 65.4 cm³/mol. The van der Waals surface area contributed by atoms with Crippen molar-refractivity contribution in [1.82, 2.24) is 9.47 Å². The second-order valence-electron chi connectivity index (χ2n) is 4.57. The lowest BCUT2D eigenvalue weighted by molar-refractivity contribution is 0.0637. The summed E-state index contributed by atoms with van der Waals surface area (Å²) in [6, 6.07) is 0. The summed E-state index contributed by atoms with van der Waals surface area (Å²) in [6.07, 6.45) is -0.207. The number of nitrogens with zero attached hydrogens (tertiary/aromatic N) is 2. The quantitative estimate of drug-likeness (QED) is 0.538. The average Bonchev–Trinajstić information content (AvgIpc) is 2.16. The first-order valence-electron chi connectivity index (χ1n) is 5.45. The Balaban J connectivity index is 4.04. The minimum Gasteiger partial charge on any atom is -0.434 e. The molecule has 4 nitrogen and oxygen atoms in total. The molecule has 0 aliphatic heterocycles. The van der Waals surface area contributed by atoms with Gasteiger partial charge in [0.2, 0.25) is 0 Å². The first kappa shape index (κ1) is 14.4. The summed E-state index contributed by atoms with van der Waals surface area (Å²) in [5.41, 5.74) is 0. The lowest BCUT2D eigenvalue weighted by Gasteiger charge is -2.30. The minimum atomic E-state index is -1.58. The Morgan fingerprint density at radius 2 is 1.67 bits per heavy atom. The van der Waals surface area contributed by atoms with Gasteiger partial charge in [-0.25, -0.2) is 4.79 Å². The standard InChI is InChI=1S/C10H24N2O2Si/c1-7-12(8-2)9-14-10(13)11(3)15(4,5)6/h7-9H2,1-6H3. The molecule has 0 aliphatic rings. The Morgan fingerprint density at radius 1 is 1.20 bits per heavy atom. The molecule has 0 aliphatic carbocycles. The lowest BCUT2D eigenvalue weighted by atomic mass is 10.6. The molecule has 0 heterocycles. The molecule has 0 aromatic carbocycles.